The van der Waals surface area contributed by atoms with E-state index in [9.17, 15) is 18.0 Å². The zero-order chi connectivity index (χ0) is 26.5. The normalized spacial score (nSPS) is 11.6. The van der Waals surface area contributed by atoms with Crippen LogP contribution in [-0.2, 0) is 21.4 Å². The van der Waals surface area contributed by atoms with Gasteiger partial charge in [-0.2, -0.15) is 0 Å². The van der Waals surface area contributed by atoms with Crippen LogP contribution in [-0.4, -0.2) is 40.4 Å². The highest BCUT2D eigenvalue weighted by Gasteiger charge is 2.25. The molecular formula is C27H29NO7S. The number of sulfonamides is 1. The van der Waals surface area contributed by atoms with Crippen molar-refractivity contribution in [2.24, 2.45) is 0 Å². The molecule has 36 heavy (non-hydrogen) atoms. The minimum absolute atomic E-state index is 0.0154. The number of hydrogen-bond acceptors (Lipinski definition) is 7. The van der Waals surface area contributed by atoms with E-state index in [4.69, 9.17) is 14.2 Å². The van der Waals surface area contributed by atoms with Crippen LogP contribution >= 0.6 is 0 Å². The van der Waals surface area contributed by atoms with Crippen LogP contribution in [0.3, 0.4) is 0 Å². The van der Waals surface area contributed by atoms with Crippen molar-refractivity contribution in [2.45, 2.75) is 37.8 Å². The molecule has 0 radical (unpaired) electrons. The molecule has 0 saturated carbocycles. The molecular weight excluding hydrogens is 482 g/mol. The first-order valence-electron chi connectivity index (χ1n) is 11.1. The third-order valence-corrected chi connectivity index (χ3v) is 6.86. The van der Waals surface area contributed by atoms with Crippen molar-refractivity contribution in [3.8, 4) is 22.6 Å². The minimum Gasteiger partial charge on any atom is -0.496 e. The predicted molar refractivity (Wildman–Crippen MR) is 136 cm³/mol. The summed E-state index contributed by atoms with van der Waals surface area (Å²) in [5.41, 5.74) is 0.983. The number of methoxy groups -OCH3 is 2. The molecule has 3 aromatic rings. The van der Waals surface area contributed by atoms with E-state index in [2.05, 4.69) is 4.72 Å². The number of esters is 1. The van der Waals surface area contributed by atoms with Crippen molar-refractivity contribution in [1.29, 1.82) is 0 Å². The Kier molecular flexibility index (Phi) is 8.17. The Morgan fingerprint density at radius 1 is 0.972 bits per heavy atom. The van der Waals surface area contributed by atoms with Crippen LogP contribution in [0.15, 0.2) is 65.6 Å². The molecule has 3 rings (SSSR count). The number of rotatable bonds is 9. The van der Waals surface area contributed by atoms with E-state index < -0.39 is 21.5 Å². The Balaban J connectivity index is 2.25. The van der Waals surface area contributed by atoms with Crippen molar-refractivity contribution in [1.82, 2.24) is 4.72 Å². The van der Waals surface area contributed by atoms with Gasteiger partial charge in [0.1, 0.15) is 18.1 Å². The standard InChI is InChI=1S/C27H29NO7S/c1-27(2,3)28-36(31,32)21-11-12-24(33-4)22(15-21)23-14-19(26(30)34-5)13-20(16-29)25(23)35-17-18-9-7-6-8-10-18/h6-16,28H,17H2,1-5H3. The summed E-state index contributed by atoms with van der Waals surface area (Å²) in [6.45, 7) is 5.35. The van der Waals surface area contributed by atoms with E-state index in [1.807, 2.05) is 30.3 Å². The monoisotopic (exact) mass is 511 g/mol. The third-order valence-electron chi connectivity index (χ3n) is 5.10. The van der Waals surface area contributed by atoms with Crippen molar-refractivity contribution < 1.29 is 32.2 Å². The van der Waals surface area contributed by atoms with Crippen LogP contribution in [0.2, 0.25) is 0 Å². The maximum absolute atomic E-state index is 13.1. The smallest absolute Gasteiger partial charge is 0.337 e. The SMILES string of the molecule is COC(=O)c1cc(C=O)c(OCc2ccccc2)c(-c2cc(S(=O)(=O)NC(C)(C)C)ccc2OC)c1. The topological polar surface area (TPSA) is 108 Å². The zero-order valence-corrected chi connectivity index (χ0v) is 21.6. The summed E-state index contributed by atoms with van der Waals surface area (Å²) in [5.74, 6) is -0.155. The van der Waals surface area contributed by atoms with Gasteiger partial charge in [-0.1, -0.05) is 30.3 Å². The highest BCUT2D eigenvalue weighted by molar-refractivity contribution is 7.89. The molecule has 0 unspecified atom stereocenters. The van der Waals surface area contributed by atoms with Crippen molar-refractivity contribution in [2.75, 3.05) is 14.2 Å². The number of benzene rings is 3. The summed E-state index contributed by atoms with van der Waals surface area (Å²) in [5, 5.41) is 0. The number of carbonyl (C=O) groups is 2. The quantitative estimate of drug-likeness (QED) is 0.330. The van der Waals surface area contributed by atoms with E-state index in [-0.39, 0.29) is 28.4 Å². The summed E-state index contributed by atoms with van der Waals surface area (Å²) >= 11 is 0. The van der Waals surface area contributed by atoms with Crippen LogP contribution in [0.4, 0.5) is 0 Å². The van der Waals surface area contributed by atoms with Crippen molar-refractivity contribution in [3.05, 3.63) is 77.4 Å². The Labute approximate surface area is 211 Å². The third kappa shape index (κ3) is 6.30. The van der Waals surface area contributed by atoms with Gasteiger partial charge in [0.2, 0.25) is 10.0 Å². The zero-order valence-electron chi connectivity index (χ0n) is 20.8. The summed E-state index contributed by atoms with van der Waals surface area (Å²) in [6, 6.07) is 16.6. The van der Waals surface area contributed by atoms with E-state index in [0.717, 1.165) is 5.56 Å². The lowest BCUT2D eigenvalue weighted by molar-refractivity contribution is 0.0600. The number of carbonyl (C=O) groups excluding carboxylic acids is 2. The fraction of sp³-hybridized carbons (Fsp3) is 0.259. The fourth-order valence-corrected chi connectivity index (χ4v) is 5.04. The Morgan fingerprint density at radius 3 is 2.25 bits per heavy atom. The van der Waals surface area contributed by atoms with E-state index in [1.54, 1.807) is 20.8 Å². The first kappa shape index (κ1) is 26.9. The first-order valence-corrected chi connectivity index (χ1v) is 12.6. The molecule has 3 aromatic carbocycles. The van der Waals surface area contributed by atoms with Crippen molar-refractivity contribution in [3.63, 3.8) is 0 Å². The summed E-state index contributed by atoms with van der Waals surface area (Å²) in [6.07, 6.45) is 0.574. The molecule has 0 atom stereocenters. The molecule has 0 heterocycles. The van der Waals surface area contributed by atoms with E-state index in [1.165, 1.54) is 44.6 Å². The molecule has 0 aromatic heterocycles. The number of aldehydes is 1. The molecule has 190 valence electrons. The van der Waals surface area contributed by atoms with Gasteiger partial charge in [-0.25, -0.2) is 17.9 Å². The highest BCUT2D eigenvalue weighted by Crippen LogP contribution is 2.41. The maximum Gasteiger partial charge on any atom is 0.337 e. The van der Waals surface area contributed by atoms with Crippen LogP contribution in [0.1, 0.15) is 47.1 Å². The lowest BCUT2D eigenvalue weighted by Gasteiger charge is -2.21. The van der Waals surface area contributed by atoms with E-state index in [0.29, 0.717) is 23.2 Å². The van der Waals surface area contributed by atoms with Gasteiger partial charge in [0.15, 0.2) is 6.29 Å². The fourth-order valence-electron chi connectivity index (χ4n) is 3.59. The van der Waals surface area contributed by atoms with Crippen LogP contribution in [0, 0.1) is 0 Å². The second-order valence-corrected chi connectivity index (χ2v) is 10.7. The largest absolute Gasteiger partial charge is 0.496 e. The van der Waals surface area contributed by atoms with Gasteiger partial charge < -0.3 is 14.2 Å². The molecule has 0 aliphatic rings. The van der Waals surface area contributed by atoms with Gasteiger partial charge in [0.25, 0.3) is 0 Å². The molecule has 0 bridgehead atoms. The predicted octanol–water partition coefficient (Wildman–Crippen LogP) is 4.62. The van der Waals surface area contributed by atoms with E-state index >= 15 is 0 Å². The lowest BCUT2D eigenvalue weighted by Crippen LogP contribution is -2.40. The van der Waals surface area contributed by atoms with Crippen LogP contribution < -0.4 is 14.2 Å². The molecule has 8 nitrogen and oxygen atoms in total. The average molecular weight is 512 g/mol. The Morgan fingerprint density at radius 2 is 1.67 bits per heavy atom. The molecule has 0 fully saturated rings. The lowest BCUT2D eigenvalue weighted by atomic mass is 9.97. The Bertz CT molecular complexity index is 1360. The van der Waals surface area contributed by atoms with Gasteiger partial charge in [-0.3, -0.25) is 4.79 Å². The summed E-state index contributed by atoms with van der Waals surface area (Å²) in [4.78, 5) is 24.4. The summed E-state index contributed by atoms with van der Waals surface area (Å²) < 4.78 is 45.2. The summed E-state index contributed by atoms with van der Waals surface area (Å²) in [7, 11) is -1.23. The first-order chi connectivity index (χ1) is 17.0. The average Bonchev–Trinajstić information content (AvgIpc) is 2.85. The van der Waals surface area contributed by atoms with Gasteiger partial charge in [0.05, 0.1) is 30.2 Å². The van der Waals surface area contributed by atoms with Crippen LogP contribution in [0.25, 0.3) is 11.1 Å². The molecule has 9 heteroatoms. The molecule has 0 aliphatic carbocycles. The van der Waals surface area contributed by atoms with Gasteiger partial charge in [-0.05, 0) is 56.7 Å². The molecule has 0 spiro atoms. The number of nitrogens with one attached hydrogen (secondary N) is 1. The minimum atomic E-state index is -3.90. The van der Waals surface area contributed by atoms with Gasteiger partial charge >= 0.3 is 5.97 Å². The van der Waals surface area contributed by atoms with Gasteiger partial charge in [0, 0.05) is 16.7 Å². The van der Waals surface area contributed by atoms with Crippen LogP contribution in [0.5, 0.6) is 11.5 Å². The molecule has 0 amide bonds. The molecule has 1 N–H and O–H groups in total. The molecule has 0 saturated heterocycles. The highest BCUT2D eigenvalue weighted by atomic mass is 32.2. The maximum atomic E-state index is 13.1. The number of ether oxygens (including phenoxy) is 3. The number of hydrogen-bond donors (Lipinski definition) is 1. The second kappa shape index (κ2) is 10.9. The van der Waals surface area contributed by atoms with Gasteiger partial charge in [-0.15, -0.1) is 0 Å². The molecule has 0 aliphatic heterocycles. The second-order valence-electron chi connectivity index (χ2n) is 9.04. The van der Waals surface area contributed by atoms with Crippen molar-refractivity contribution >= 4 is 22.3 Å². The Hall–Kier alpha value is -3.69.